The average Bonchev–Trinajstić information content (AvgIpc) is 2.18. The van der Waals surface area contributed by atoms with Crippen LogP contribution in [-0.4, -0.2) is 43.5 Å². The van der Waals surface area contributed by atoms with Crippen LogP contribution < -0.4 is 0 Å². The highest BCUT2D eigenvalue weighted by atomic mass is 16.5. The molecule has 0 saturated carbocycles. The molecular formula is C11H21NO2. The number of hydrogen-bond acceptors (Lipinski definition) is 3. The van der Waals surface area contributed by atoms with Gasteiger partial charge in [-0.3, -0.25) is 0 Å². The Morgan fingerprint density at radius 2 is 2.36 bits per heavy atom. The van der Waals surface area contributed by atoms with E-state index in [2.05, 4.69) is 11.9 Å². The summed E-state index contributed by atoms with van der Waals surface area (Å²) in [6, 6.07) is 0. The zero-order valence-corrected chi connectivity index (χ0v) is 9.45. The number of aldehydes is 1. The molecule has 1 aliphatic rings. The van der Waals surface area contributed by atoms with Crippen molar-refractivity contribution in [3.05, 3.63) is 0 Å². The Morgan fingerprint density at radius 1 is 1.64 bits per heavy atom. The van der Waals surface area contributed by atoms with Crippen LogP contribution in [0, 0.1) is 5.92 Å². The van der Waals surface area contributed by atoms with Crippen LogP contribution in [0.5, 0.6) is 0 Å². The molecule has 0 radical (unpaired) electrons. The lowest BCUT2D eigenvalue weighted by Gasteiger charge is -2.38. The molecule has 14 heavy (non-hydrogen) atoms. The molecule has 0 N–H and O–H groups in total. The summed E-state index contributed by atoms with van der Waals surface area (Å²) in [6.07, 6.45) is 3.23. The highest BCUT2D eigenvalue weighted by Gasteiger charge is 2.36. The van der Waals surface area contributed by atoms with Crippen molar-refractivity contribution in [1.82, 2.24) is 4.90 Å². The summed E-state index contributed by atoms with van der Waals surface area (Å²) < 4.78 is 5.57. The average molecular weight is 199 g/mol. The Balaban J connectivity index is 2.62. The molecule has 2 unspecified atom stereocenters. The molecule has 1 rings (SSSR count). The topological polar surface area (TPSA) is 29.5 Å². The Bertz CT molecular complexity index is 196. The molecule has 82 valence electrons. The monoisotopic (exact) mass is 199 g/mol. The summed E-state index contributed by atoms with van der Waals surface area (Å²) >= 11 is 0. The molecule has 1 saturated heterocycles. The largest absolute Gasteiger partial charge is 0.368 e. The molecule has 1 fully saturated rings. The Labute approximate surface area is 86.4 Å². The quantitative estimate of drug-likeness (QED) is 0.640. The molecule has 1 heterocycles. The molecular weight excluding hydrogens is 178 g/mol. The molecule has 0 spiro atoms. The number of hydrogen-bond donors (Lipinski definition) is 0. The van der Waals surface area contributed by atoms with Crippen LogP contribution in [0.15, 0.2) is 0 Å². The molecule has 3 nitrogen and oxygen atoms in total. The van der Waals surface area contributed by atoms with Gasteiger partial charge in [-0.05, 0) is 40.3 Å². The van der Waals surface area contributed by atoms with Crippen LogP contribution >= 0.6 is 0 Å². The second-order valence-corrected chi connectivity index (χ2v) is 4.34. The summed E-state index contributed by atoms with van der Waals surface area (Å²) in [5.41, 5.74) is -0.580. The van der Waals surface area contributed by atoms with Crippen LogP contribution in [-0.2, 0) is 9.53 Å². The van der Waals surface area contributed by atoms with Crippen LogP contribution in [0.4, 0.5) is 0 Å². The van der Waals surface area contributed by atoms with Crippen LogP contribution in [0.2, 0.25) is 0 Å². The molecule has 1 aliphatic heterocycles. The Kier molecular flexibility index (Phi) is 4.08. The first-order chi connectivity index (χ1) is 6.62. The molecule has 0 aromatic heterocycles. The first-order valence-electron chi connectivity index (χ1n) is 5.41. The van der Waals surface area contributed by atoms with Gasteiger partial charge in [-0.2, -0.15) is 0 Å². The fourth-order valence-electron chi connectivity index (χ4n) is 2.19. The summed E-state index contributed by atoms with van der Waals surface area (Å²) in [4.78, 5) is 13.4. The van der Waals surface area contributed by atoms with E-state index in [1.54, 1.807) is 0 Å². The zero-order valence-electron chi connectivity index (χ0n) is 9.45. The fourth-order valence-corrected chi connectivity index (χ4v) is 2.19. The third-order valence-electron chi connectivity index (χ3n) is 3.12. The van der Waals surface area contributed by atoms with Crippen molar-refractivity contribution in [2.24, 2.45) is 5.92 Å². The smallest absolute Gasteiger partial charge is 0.151 e. The molecule has 0 bridgehead atoms. The van der Waals surface area contributed by atoms with Crippen molar-refractivity contribution < 1.29 is 9.53 Å². The van der Waals surface area contributed by atoms with E-state index < -0.39 is 5.60 Å². The number of piperidine rings is 1. The molecule has 2 atom stereocenters. The number of likely N-dealkylation sites (tertiary alicyclic amines) is 1. The number of ether oxygens (including phenoxy) is 1. The minimum atomic E-state index is -0.580. The van der Waals surface area contributed by atoms with Crippen molar-refractivity contribution in [3.8, 4) is 0 Å². The predicted molar refractivity (Wildman–Crippen MR) is 56.3 cm³/mol. The SMILES string of the molecule is CCOC(C)(C=O)C1CCCN(C)C1. The fraction of sp³-hybridized carbons (Fsp3) is 0.909. The summed E-state index contributed by atoms with van der Waals surface area (Å²) in [7, 11) is 2.10. The van der Waals surface area contributed by atoms with Gasteiger partial charge in [0.2, 0.25) is 0 Å². The highest BCUT2D eigenvalue weighted by Crippen LogP contribution is 2.28. The van der Waals surface area contributed by atoms with E-state index >= 15 is 0 Å². The molecule has 0 aromatic carbocycles. The molecule has 0 aliphatic carbocycles. The summed E-state index contributed by atoms with van der Waals surface area (Å²) in [6.45, 7) is 6.56. The molecule has 0 aromatic rings. The van der Waals surface area contributed by atoms with Gasteiger partial charge in [-0.15, -0.1) is 0 Å². The van der Waals surface area contributed by atoms with Crippen molar-refractivity contribution in [3.63, 3.8) is 0 Å². The number of carbonyl (C=O) groups is 1. The standard InChI is InChI=1S/C11H21NO2/c1-4-14-11(2,9-13)10-6-5-7-12(3)8-10/h9-10H,4-8H2,1-3H3. The van der Waals surface area contributed by atoms with E-state index in [1.165, 1.54) is 0 Å². The normalized spacial score (nSPS) is 28.4. The second-order valence-electron chi connectivity index (χ2n) is 4.34. The third kappa shape index (κ3) is 2.55. The maximum atomic E-state index is 11.1. The summed E-state index contributed by atoms with van der Waals surface area (Å²) in [5, 5.41) is 0. The maximum Gasteiger partial charge on any atom is 0.151 e. The lowest BCUT2D eigenvalue weighted by molar-refractivity contribution is -0.139. The van der Waals surface area contributed by atoms with Crippen molar-refractivity contribution in [1.29, 1.82) is 0 Å². The summed E-state index contributed by atoms with van der Waals surface area (Å²) in [5.74, 6) is 0.346. The minimum Gasteiger partial charge on any atom is -0.368 e. The minimum absolute atomic E-state index is 0.346. The number of nitrogens with zero attached hydrogens (tertiary/aromatic N) is 1. The molecule has 0 amide bonds. The zero-order chi connectivity index (χ0) is 10.6. The van der Waals surface area contributed by atoms with Crippen molar-refractivity contribution >= 4 is 6.29 Å². The second kappa shape index (κ2) is 4.89. The van der Waals surface area contributed by atoms with E-state index in [-0.39, 0.29) is 0 Å². The van der Waals surface area contributed by atoms with Gasteiger partial charge < -0.3 is 14.4 Å². The first kappa shape index (κ1) is 11.7. The van der Waals surface area contributed by atoms with Crippen LogP contribution in [0.1, 0.15) is 26.7 Å². The van der Waals surface area contributed by atoms with Gasteiger partial charge >= 0.3 is 0 Å². The van der Waals surface area contributed by atoms with Gasteiger partial charge in [0, 0.05) is 19.1 Å². The van der Waals surface area contributed by atoms with E-state index in [9.17, 15) is 4.79 Å². The lowest BCUT2D eigenvalue weighted by atomic mass is 9.83. The van der Waals surface area contributed by atoms with Crippen LogP contribution in [0.3, 0.4) is 0 Å². The van der Waals surface area contributed by atoms with Gasteiger partial charge in [0.25, 0.3) is 0 Å². The lowest BCUT2D eigenvalue weighted by Crippen LogP contribution is -2.47. The Morgan fingerprint density at radius 3 is 2.86 bits per heavy atom. The predicted octanol–water partition coefficient (Wildman–Crippen LogP) is 1.32. The van der Waals surface area contributed by atoms with Crippen molar-refractivity contribution in [2.75, 3.05) is 26.7 Å². The van der Waals surface area contributed by atoms with E-state index in [0.29, 0.717) is 12.5 Å². The van der Waals surface area contributed by atoms with Gasteiger partial charge in [0.05, 0.1) is 0 Å². The third-order valence-corrected chi connectivity index (χ3v) is 3.12. The van der Waals surface area contributed by atoms with Crippen molar-refractivity contribution in [2.45, 2.75) is 32.3 Å². The Hall–Kier alpha value is -0.410. The van der Waals surface area contributed by atoms with E-state index in [0.717, 1.165) is 32.2 Å². The first-order valence-corrected chi connectivity index (χ1v) is 5.41. The van der Waals surface area contributed by atoms with Gasteiger partial charge in [0.15, 0.2) is 6.29 Å². The maximum absolute atomic E-state index is 11.1. The molecule has 3 heteroatoms. The van der Waals surface area contributed by atoms with Gasteiger partial charge in [-0.25, -0.2) is 0 Å². The number of carbonyl (C=O) groups excluding carboxylic acids is 1. The number of rotatable bonds is 4. The van der Waals surface area contributed by atoms with Gasteiger partial charge in [0.1, 0.15) is 5.60 Å². The van der Waals surface area contributed by atoms with Gasteiger partial charge in [-0.1, -0.05) is 0 Å². The van der Waals surface area contributed by atoms with E-state index in [1.807, 2.05) is 13.8 Å². The van der Waals surface area contributed by atoms with E-state index in [4.69, 9.17) is 4.74 Å². The van der Waals surface area contributed by atoms with Crippen LogP contribution in [0.25, 0.3) is 0 Å². The highest BCUT2D eigenvalue weighted by molar-refractivity contribution is 5.62.